The number of carbonyl (C=O) groups is 1. The molecular formula is C24H19F3N4O3S. The van der Waals surface area contributed by atoms with Crippen molar-refractivity contribution in [2.75, 3.05) is 11.4 Å². The normalized spacial score (nSPS) is 16.1. The summed E-state index contributed by atoms with van der Waals surface area (Å²) in [4.78, 5) is 14.1. The van der Waals surface area contributed by atoms with Crippen molar-refractivity contribution in [3.63, 3.8) is 0 Å². The Morgan fingerprint density at radius 2 is 1.77 bits per heavy atom. The molecule has 4 aromatic rings. The number of aromatic nitrogens is 2. The van der Waals surface area contributed by atoms with Crippen LogP contribution in [0.15, 0.2) is 71.9 Å². The molecule has 1 aliphatic rings. The molecule has 3 heterocycles. The van der Waals surface area contributed by atoms with Crippen molar-refractivity contribution in [2.24, 2.45) is 0 Å². The Morgan fingerprint density at radius 3 is 2.54 bits per heavy atom. The van der Waals surface area contributed by atoms with Crippen molar-refractivity contribution >= 4 is 27.1 Å². The first-order valence-corrected chi connectivity index (χ1v) is 12.2. The molecule has 0 aliphatic carbocycles. The Morgan fingerprint density at radius 1 is 1.00 bits per heavy atom. The van der Waals surface area contributed by atoms with Crippen LogP contribution >= 0.6 is 0 Å². The Balaban J connectivity index is 1.52. The van der Waals surface area contributed by atoms with E-state index in [1.807, 2.05) is 4.72 Å². The fourth-order valence-electron chi connectivity index (χ4n) is 4.45. The summed E-state index contributed by atoms with van der Waals surface area (Å²) in [5.74, 6) is -3.12. The van der Waals surface area contributed by atoms with Gasteiger partial charge < -0.3 is 4.90 Å². The van der Waals surface area contributed by atoms with Crippen LogP contribution in [0.25, 0.3) is 5.52 Å². The largest absolute Gasteiger partial charge is 0.363 e. The van der Waals surface area contributed by atoms with Gasteiger partial charge in [0.25, 0.3) is 15.9 Å². The van der Waals surface area contributed by atoms with Crippen LogP contribution in [0.5, 0.6) is 0 Å². The van der Waals surface area contributed by atoms with Crippen LogP contribution in [0, 0.1) is 17.5 Å². The number of fused-ring (bicyclic) bond motifs is 1. The van der Waals surface area contributed by atoms with Crippen LogP contribution in [-0.4, -0.2) is 30.5 Å². The van der Waals surface area contributed by atoms with Gasteiger partial charge in [-0.25, -0.2) is 30.8 Å². The molecule has 11 heteroatoms. The predicted molar refractivity (Wildman–Crippen MR) is 122 cm³/mol. The minimum Gasteiger partial charge on any atom is -0.363 e. The van der Waals surface area contributed by atoms with E-state index in [4.69, 9.17) is 0 Å². The minimum absolute atomic E-state index is 0.00247. The van der Waals surface area contributed by atoms with Crippen molar-refractivity contribution in [3.05, 3.63) is 95.6 Å². The number of amides is 1. The molecule has 0 saturated carbocycles. The maximum absolute atomic E-state index is 14.3. The quantitative estimate of drug-likeness (QED) is 0.444. The molecule has 2 aromatic carbocycles. The van der Waals surface area contributed by atoms with Gasteiger partial charge in [-0.3, -0.25) is 4.79 Å². The van der Waals surface area contributed by atoms with E-state index in [0.29, 0.717) is 30.5 Å². The van der Waals surface area contributed by atoms with E-state index in [9.17, 15) is 26.4 Å². The van der Waals surface area contributed by atoms with Gasteiger partial charge in [-0.05, 0) is 60.9 Å². The Kier molecular flexibility index (Phi) is 5.72. The van der Waals surface area contributed by atoms with E-state index in [-0.39, 0.29) is 16.1 Å². The van der Waals surface area contributed by atoms with Gasteiger partial charge in [-0.15, -0.1) is 0 Å². The van der Waals surface area contributed by atoms with Crippen molar-refractivity contribution < 1.29 is 26.4 Å². The van der Waals surface area contributed by atoms with Crippen LogP contribution < -0.4 is 9.62 Å². The molecule has 0 spiro atoms. The molecule has 0 bridgehead atoms. The van der Waals surface area contributed by atoms with E-state index in [2.05, 4.69) is 5.10 Å². The van der Waals surface area contributed by atoms with Crippen molar-refractivity contribution in [1.82, 2.24) is 14.3 Å². The van der Waals surface area contributed by atoms with E-state index in [1.165, 1.54) is 22.8 Å². The Labute approximate surface area is 198 Å². The fourth-order valence-corrected chi connectivity index (χ4v) is 5.62. The molecule has 1 aliphatic heterocycles. The number of hydrogen-bond donors (Lipinski definition) is 1. The molecule has 1 amide bonds. The average molecular weight is 501 g/mol. The standard InChI is InChI=1S/C24H19F3N4O3S/c25-16-6-7-23(35(33,34)29-24(32)19-14-28-31-9-2-1-4-21(19)31)22(13-16)30-8-3-5-20(30)15-10-17(26)12-18(27)11-15/h1-2,4,6-7,9-14,20H,3,5,8H2,(H,29,32)/t20-/m1/s1. The van der Waals surface area contributed by atoms with E-state index in [0.717, 1.165) is 24.3 Å². The zero-order chi connectivity index (χ0) is 24.7. The topological polar surface area (TPSA) is 83.8 Å². The van der Waals surface area contributed by atoms with Crippen LogP contribution in [0.4, 0.5) is 18.9 Å². The van der Waals surface area contributed by atoms with E-state index < -0.39 is 39.4 Å². The smallest absolute Gasteiger partial charge is 0.268 e. The number of rotatable bonds is 5. The van der Waals surface area contributed by atoms with Gasteiger partial charge >= 0.3 is 0 Å². The third-order valence-corrected chi connectivity index (χ3v) is 7.32. The molecule has 5 rings (SSSR count). The second-order valence-corrected chi connectivity index (χ2v) is 9.84. The number of carbonyl (C=O) groups excluding carboxylic acids is 1. The molecule has 35 heavy (non-hydrogen) atoms. The maximum atomic E-state index is 14.3. The molecule has 1 N–H and O–H groups in total. The molecular weight excluding hydrogens is 481 g/mol. The Hall–Kier alpha value is -3.86. The van der Waals surface area contributed by atoms with Crippen LogP contribution in [0.2, 0.25) is 0 Å². The summed E-state index contributed by atoms with van der Waals surface area (Å²) in [6.07, 6.45) is 3.93. The number of anilines is 1. The number of nitrogens with one attached hydrogen (secondary N) is 1. The summed E-state index contributed by atoms with van der Waals surface area (Å²) >= 11 is 0. The molecule has 7 nitrogen and oxygen atoms in total. The van der Waals surface area contributed by atoms with Gasteiger partial charge in [0, 0.05) is 18.8 Å². The number of nitrogens with zero attached hydrogens (tertiary/aromatic N) is 3. The number of halogens is 3. The van der Waals surface area contributed by atoms with Gasteiger partial charge in [0.05, 0.1) is 29.0 Å². The van der Waals surface area contributed by atoms with Crippen molar-refractivity contribution in [2.45, 2.75) is 23.8 Å². The highest BCUT2D eigenvalue weighted by Crippen LogP contribution is 2.39. The second-order valence-electron chi connectivity index (χ2n) is 8.19. The van der Waals surface area contributed by atoms with Gasteiger partial charge in [-0.1, -0.05) is 6.07 Å². The molecule has 180 valence electrons. The summed E-state index contributed by atoms with van der Waals surface area (Å²) in [5, 5.41) is 4.03. The van der Waals surface area contributed by atoms with Crippen LogP contribution in [0.1, 0.15) is 34.8 Å². The highest BCUT2D eigenvalue weighted by molar-refractivity contribution is 7.90. The second kappa shape index (κ2) is 8.73. The van der Waals surface area contributed by atoms with Gasteiger partial charge in [-0.2, -0.15) is 5.10 Å². The number of benzene rings is 2. The first-order chi connectivity index (χ1) is 16.7. The van der Waals surface area contributed by atoms with Crippen LogP contribution in [-0.2, 0) is 10.0 Å². The van der Waals surface area contributed by atoms with Crippen molar-refractivity contribution in [3.8, 4) is 0 Å². The zero-order valence-electron chi connectivity index (χ0n) is 18.2. The monoisotopic (exact) mass is 500 g/mol. The molecule has 1 fully saturated rings. The highest BCUT2D eigenvalue weighted by atomic mass is 32.2. The number of hydrogen-bond acceptors (Lipinski definition) is 5. The van der Waals surface area contributed by atoms with Crippen LogP contribution in [0.3, 0.4) is 0 Å². The number of sulfonamides is 1. The van der Waals surface area contributed by atoms with E-state index >= 15 is 0 Å². The molecule has 0 radical (unpaired) electrons. The number of pyridine rings is 1. The predicted octanol–water partition coefficient (Wildman–Crippen LogP) is 4.21. The van der Waals surface area contributed by atoms with E-state index in [1.54, 1.807) is 29.3 Å². The zero-order valence-corrected chi connectivity index (χ0v) is 19.0. The minimum atomic E-state index is -4.45. The lowest BCUT2D eigenvalue weighted by Gasteiger charge is -2.29. The lowest BCUT2D eigenvalue weighted by molar-refractivity contribution is 0.0983. The first-order valence-electron chi connectivity index (χ1n) is 10.7. The SMILES string of the molecule is O=C(NS(=O)(=O)c1ccc(F)cc1N1CCC[C@@H]1c1cc(F)cc(F)c1)c1cnn2ccccc12. The van der Waals surface area contributed by atoms with Crippen molar-refractivity contribution in [1.29, 1.82) is 0 Å². The molecule has 1 atom stereocenters. The van der Waals surface area contributed by atoms with Gasteiger partial charge in [0.15, 0.2) is 0 Å². The summed E-state index contributed by atoms with van der Waals surface area (Å²) in [7, 11) is -4.45. The van der Waals surface area contributed by atoms with Gasteiger partial charge in [0.2, 0.25) is 0 Å². The Bertz CT molecular complexity index is 1530. The molecule has 2 aromatic heterocycles. The maximum Gasteiger partial charge on any atom is 0.268 e. The molecule has 0 unspecified atom stereocenters. The lowest BCUT2D eigenvalue weighted by Crippen LogP contribution is -2.33. The summed E-state index contributed by atoms with van der Waals surface area (Å²) < 4.78 is 72.0. The molecule has 1 saturated heterocycles. The average Bonchev–Trinajstić information content (AvgIpc) is 3.45. The third-order valence-electron chi connectivity index (χ3n) is 5.94. The highest BCUT2D eigenvalue weighted by Gasteiger charge is 2.33. The first kappa shape index (κ1) is 22.9. The van der Waals surface area contributed by atoms with Gasteiger partial charge in [0.1, 0.15) is 22.3 Å². The summed E-state index contributed by atoms with van der Waals surface area (Å²) in [6.45, 7) is 0.330. The fraction of sp³-hybridized carbons (Fsp3) is 0.167. The summed E-state index contributed by atoms with van der Waals surface area (Å²) in [5.41, 5.74) is 0.764. The third kappa shape index (κ3) is 4.34. The summed E-state index contributed by atoms with van der Waals surface area (Å²) in [6, 6.07) is 10.6. The lowest BCUT2D eigenvalue weighted by atomic mass is 10.0.